The number of hydrogen-bond acceptors (Lipinski definition) is 3. The third-order valence-corrected chi connectivity index (χ3v) is 2.18. The predicted molar refractivity (Wildman–Crippen MR) is 62.3 cm³/mol. The molecule has 0 spiro atoms. The normalized spacial score (nSPS) is 12.1. The summed E-state index contributed by atoms with van der Waals surface area (Å²) in [5, 5.41) is 12.0. The van der Waals surface area contributed by atoms with Crippen molar-refractivity contribution in [1.82, 2.24) is 10.3 Å². The highest BCUT2D eigenvalue weighted by Crippen LogP contribution is 2.00. The van der Waals surface area contributed by atoms with E-state index in [0.717, 1.165) is 12.1 Å². The van der Waals surface area contributed by atoms with E-state index >= 15 is 0 Å². The lowest BCUT2D eigenvalue weighted by Crippen LogP contribution is -2.25. The zero-order valence-corrected chi connectivity index (χ0v) is 9.31. The minimum atomic E-state index is -0.999. The van der Waals surface area contributed by atoms with Crippen LogP contribution in [0.1, 0.15) is 29.5 Å². The number of rotatable bonds is 6. The van der Waals surface area contributed by atoms with Crippen molar-refractivity contribution in [2.24, 2.45) is 0 Å². The van der Waals surface area contributed by atoms with E-state index in [1.807, 2.05) is 13.0 Å². The maximum atomic E-state index is 10.7. The van der Waals surface area contributed by atoms with Gasteiger partial charge < -0.3 is 10.4 Å². The van der Waals surface area contributed by atoms with Gasteiger partial charge in [-0.3, -0.25) is 0 Å². The molecule has 1 aromatic heterocycles. The van der Waals surface area contributed by atoms with Crippen LogP contribution in [0, 0.1) is 0 Å². The van der Waals surface area contributed by atoms with Gasteiger partial charge in [-0.25, -0.2) is 9.78 Å². The standard InChI is InChI=1S/C12H16N2O2/c1-3-5-9(2)13-8-10-6-4-7-11(14-10)12(15)16/h3-4,6-7,9,13H,1,5,8H2,2H3,(H,15,16). The van der Waals surface area contributed by atoms with Crippen LogP contribution in [-0.4, -0.2) is 22.1 Å². The van der Waals surface area contributed by atoms with E-state index in [1.165, 1.54) is 6.07 Å². The summed E-state index contributed by atoms with van der Waals surface area (Å²) in [6.45, 7) is 6.27. The lowest BCUT2D eigenvalue weighted by molar-refractivity contribution is 0.0690. The SMILES string of the molecule is C=CCC(C)NCc1cccc(C(=O)O)n1. The highest BCUT2D eigenvalue weighted by atomic mass is 16.4. The summed E-state index contributed by atoms with van der Waals surface area (Å²) in [5.41, 5.74) is 0.812. The Labute approximate surface area is 95.0 Å². The number of carbonyl (C=O) groups is 1. The first kappa shape index (κ1) is 12.4. The van der Waals surface area contributed by atoms with Crippen LogP contribution in [0.4, 0.5) is 0 Å². The minimum absolute atomic E-state index is 0.0793. The van der Waals surface area contributed by atoms with E-state index in [0.29, 0.717) is 12.6 Å². The van der Waals surface area contributed by atoms with Crippen LogP contribution < -0.4 is 5.32 Å². The second-order valence-electron chi connectivity index (χ2n) is 3.63. The molecule has 0 aliphatic heterocycles. The Morgan fingerprint density at radius 3 is 3.06 bits per heavy atom. The van der Waals surface area contributed by atoms with Crippen LogP contribution in [0.2, 0.25) is 0 Å². The third kappa shape index (κ3) is 3.82. The van der Waals surface area contributed by atoms with E-state index in [2.05, 4.69) is 16.9 Å². The second kappa shape index (κ2) is 6.02. The number of nitrogens with one attached hydrogen (secondary N) is 1. The summed E-state index contributed by atoms with van der Waals surface area (Å²) >= 11 is 0. The zero-order chi connectivity index (χ0) is 12.0. The van der Waals surface area contributed by atoms with Crippen molar-refractivity contribution in [3.63, 3.8) is 0 Å². The summed E-state index contributed by atoms with van der Waals surface area (Å²) in [6.07, 6.45) is 2.72. The van der Waals surface area contributed by atoms with Gasteiger partial charge in [0.25, 0.3) is 0 Å². The number of aromatic nitrogens is 1. The Bertz CT molecular complexity index is 377. The van der Waals surface area contributed by atoms with Gasteiger partial charge in [-0.1, -0.05) is 12.1 Å². The quantitative estimate of drug-likeness (QED) is 0.718. The fourth-order valence-corrected chi connectivity index (χ4v) is 1.31. The summed E-state index contributed by atoms with van der Waals surface area (Å²) < 4.78 is 0. The first-order valence-electron chi connectivity index (χ1n) is 5.17. The smallest absolute Gasteiger partial charge is 0.354 e. The van der Waals surface area contributed by atoms with Crippen molar-refractivity contribution in [2.45, 2.75) is 25.9 Å². The molecule has 16 heavy (non-hydrogen) atoms. The molecule has 1 rings (SSSR count). The van der Waals surface area contributed by atoms with Crippen LogP contribution >= 0.6 is 0 Å². The molecule has 4 nitrogen and oxygen atoms in total. The highest BCUT2D eigenvalue weighted by Gasteiger charge is 2.05. The molecule has 2 N–H and O–H groups in total. The molecule has 0 saturated heterocycles. The van der Waals surface area contributed by atoms with Gasteiger partial charge in [0, 0.05) is 12.6 Å². The van der Waals surface area contributed by atoms with Crippen LogP contribution in [0.5, 0.6) is 0 Å². The van der Waals surface area contributed by atoms with E-state index in [4.69, 9.17) is 5.11 Å². The van der Waals surface area contributed by atoms with Gasteiger partial charge >= 0.3 is 5.97 Å². The molecule has 86 valence electrons. The van der Waals surface area contributed by atoms with Crippen molar-refractivity contribution in [3.05, 3.63) is 42.2 Å². The molecule has 1 heterocycles. The molecule has 0 saturated carbocycles. The van der Waals surface area contributed by atoms with Crippen molar-refractivity contribution in [3.8, 4) is 0 Å². The fourth-order valence-electron chi connectivity index (χ4n) is 1.31. The summed E-state index contributed by atoms with van der Waals surface area (Å²) in [5.74, 6) is -0.999. The van der Waals surface area contributed by atoms with Crippen LogP contribution in [0.3, 0.4) is 0 Å². The Morgan fingerprint density at radius 2 is 2.44 bits per heavy atom. The van der Waals surface area contributed by atoms with Crippen LogP contribution in [-0.2, 0) is 6.54 Å². The average Bonchev–Trinajstić information content (AvgIpc) is 2.27. The molecule has 0 aromatic carbocycles. The predicted octanol–water partition coefficient (Wildman–Crippen LogP) is 1.83. The number of carboxylic acids is 1. The van der Waals surface area contributed by atoms with Crippen molar-refractivity contribution < 1.29 is 9.90 Å². The van der Waals surface area contributed by atoms with Gasteiger partial charge in [0.1, 0.15) is 5.69 Å². The third-order valence-electron chi connectivity index (χ3n) is 2.18. The molecule has 0 bridgehead atoms. The molecule has 1 unspecified atom stereocenters. The van der Waals surface area contributed by atoms with Crippen molar-refractivity contribution in [2.75, 3.05) is 0 Å². The molecular weight excluding hydrogens is 204 g/mol. The number of aromatic carboxylic acids is 1. The molecule has 0 amide bonds. The first-order chi connectivity index (χ1) is 7.63. The molecule has 0 aliphatic carbocycles. The number of carboxylic acid groups (broad SMARTS) is 1. The highest BCUT2D eigenvalue weighted by molar-refractivity contribution is 5.85. The number of pyridine rings is 1. The summed E-state index contributed by atoms with van der Waals surface area (Å²) in [7, 11) is 0. The monoisotopic (exact) mass is 220 g/mol. The number of nitrogens with zero attached hydrogens (tertiary/aromatic N) is 1. The van der Waals surface area contributed by atoms with Gasteiger partial charge in [0.15, 0.2) is 0 Å². The van der Waals surface area contributed by atoms with Crippen molar-refractivity contribution in [1.29, 1.82) is 0 Å². The fraction of sp³-hybridized carbons (Fsp3) is 0.333. The Balaban J connectivity index is 2.57. The van der Waals surface area contributed by atoms with Gasteiger partial charge in [-0.2, -0.15) is 0 Å². The molecular formula is C12H16N2O2. The Hall–Kier alpha value is -1.68. The van der Waals surface area contributed by atoms with Gasteiger partial charge in [-0.05, 0) is 25.5 Å². The van der Waals surface area contributed by atoms with Gasteiger partial charge in [-0.15, -0.1) is 6.58 Å². The van der Waals surface area contributed by atoms with E-state index in [-0.39, 0.29) is 5.69 Å². The lowest BCUT2D eigenvalue weighted by Gasteiger charge is -2.10. The Kier molecular flexibility index (Phi) is 4.66. The molecule has 0 fully saturated rings. The maximum absolute atomic E-state index is 10.7. The zero-order valence-electron chi connectivity index (χ0n) is 9.31. The topological polar surface area (TPSA) is 62.2 Å². The van der Waals surface area contributed by atoms with Crippen LogP contribution in [0.15, 0.2) is 30.9 Å². The largest absolute Gasteiger partial charge is 0.477 e. The van der Waals surface area contributed by atoms with Gasteiger partial charge in [0.05, 0.1) is 5.69 Å². The molecule has 1 atom stereocenters. The minimum Gasteiger partial charge on any atom is -0.477 e. The summed E-state index contributed by atoms with van der Waals surface area (Å²) in [4.78, 5) is 14.7. The summed E-state index contributed by atoms with van der Waals surface area (Å²) in [6, 6.07) is 5.30. The average molecular weight is 220 g/mol. The van der Waals surface area contributed by atoms with E-state index < -0.39 is 5.97 Å². The first-order valence-corrected chi connectivity index (χ1v) is 5.17. The molecule has 0 aliphatic rings. The van der Waals surface area contributed by atoms with E-state index in [1.54, 1.807) is 12.1 Å². The van der Waals surface area contributed by atoms with Crippen LogP contribution in [0.25, 0.3) is 0 Å². The van der Waals surface area contributed by atoms with Crippen molar-refractivity contribution >= 4 is 5.97 Å². The molecule has 1 aromatic rings. The maximum Gasteiger partial charge on any atom is 0.354 e. The second-order valence-corrected chi connectivity index (χ2v) is 3.63. The van der Waals surface area contributed by atoms with Gasteiger partial charge in [0.2, 0.25) is 0 Å². The Morgan fingerprint density at radius 1 is 1.69 bits per heavy atom. The lowest BCUT2D eigenvalue weighted by atomic mass is 10.2. The molecule has 4 heteroatoms. The molecule has 0 radical (unpaired) electrons. The number of hydrogen-bond donors (Lipinski definition) is 2. The van der Waals surface area contributed by atoms with E-state index in [9.17, 15) is 4.79 Å².